The number of fused-ring (bicyclic) bond motifs is 1. The summed E-state index contributed by atoms with van der Waals surface area (Å²) in [6, 6.07) is 8.08. The lowest BCUT2D eigenvalue weighted by atomic mass is 10.1. The molecule has 14 heavy (non-hydrogen) atoms. The first-order valence-electron chi connectivity index (χ1n) is 4.64. The second kappa shape index (κ2) is 3.64. The molecule has 0 amide bonds. The third kappa shape index (κ3) is 1.67. The Kier molecular flexibility index (Phi) is 2.33. The smallest absolute Gasteiger partial charge is 0.0703 e. The zero-order valence-electron chi connectivity index (χ0n) is 7.90. The first-order chi connectivity index (χ1) is 6.79. The molecule has 3 nitrogen and oxygen atoms in total. The number of nitrogens with two attached hydrogens (primary N) is 2. The predicted octanol–water partition coefficient (Wildman–Crippen LogP) is 1.32. The summed E-state index contributed by atoms with van der Waals surface area (Å²) >= 11 is 0. The maximum absolute atomic E-state index is 5.66. The number of nitrogens with zero attached hydrogens (tertiary/aromatic N) is 1. The van der Waals surface area contributed by atoms with Gasteiger partial charge in [-0.05, 0) is 36.7 Å². The van der Waals surface area contributed by atoms with Crippen LogP contribution < -0.4 is 11.5 Å². The summed E-state index contributed by atoms with van der Waals surface area (Å²) in [7, 11) is 0. The molecule has 0 unspecified atom stereocenters. The molecule has 2 rings (SSSR count). The maximum Gasteiger partial charge on any atom is 0.0703 e. The Morgan fingerprint density at radius 1 is 1.21 bits per heavy atom. The molecule has 0 saturated heterocycles. The Balaban J connectivity index is 2.52. The molecule has 0 fully saturated rings. The predicted molar refractivity (Wildman–Crippen MR) is 58.9 cm³/mol. The molecule has 0 saturated carbocycles. The zero-order valence-corrected chi connectivity index (χ0v) is 7.90. The van der Waals surface area contributed by atoms with Crippen LogP contribution in [0.2, 0.25) is 0 Å². The highest BCUT2D eigenvalue weighted by atomic mass is 14.7. The first kappa shape index (κ1) is 8.97. The summed E-state index contributed by atoms with van der Waals surface area (Å²) in [6.45, 7) is 0.668. The maximum atomic E-state index is 5.66. The van der Waals surface area contributed by atoms with Crippen molar-refractivity contribution < 1.29 is 0 Å². The molecule has 4 N–H and O–H groups in total. The summed E-state index contributed by atoms with van der Waals surface area (Å²) < 4.78 is 0. The monoisotopic (exact) mass is 187 g/mol. The highest BCUT2D eigenvalue weighted by Crippen LogP contribution is 2.16. The molecule has 72 valence electrons. The van der Waals surface area contributed by atoms with Crippen molar-refractivity contribution in [1.82, 2.24) is 4.98 Å². The number of benzene rings is 1. The van der Waals surface area contributed by atoms with Crippen LogP contribution in [0.15, 0.2) is 30.5 Å². The number of anilines is 1. The molecular weight excluding hydrogens is 174 g/mol. The van der Waals surface area contributed by atoms with Gasteiger partial charge in [0.05, 0.1) is 17.4 Å². The van der Waals surface area contributed by atoms with Gasteiger partial charge >= 0.3 is 0 Å². The van der Waals surface area contributed by atoms with Gasteiger partial charge in [-0.3, -0.25) is 4.98 Å². The second-order valence-electron chi connectivity index (χ2n) is 3.33. The highest BCUT2D eigenvalue weighted by molar-refractivity contribution is 5.81. The minimum Gasteiger partial charge on any atom is -0.397 e. The number of rotatable bonds is 2. The van der Waals surface area contributed by atoms with Gasteiger partial charge in [0.15, 0.2) is 0 Å². The Bertz CT molecular complexity index is 451. The van der Waals surface area contributed by atoms with Crippen LogP contribution in [0.1, 0.15) is 5.56 Å². The van der Waals surface area contributed by atoms with Crippen molar-refractivity contribution in [2.24, 2.45) is 5.73 Å². The molecule has 0 aliphatic heterocycles. The molecule has 2 aromatic rings. The van der Waals surface area contributed by atoms with Gasteiger partial charge in [0, 0.05) is 5.39 Å². The highest BCUT2D eigenvalue weighted by Gasteiger charge is 1.97. The van der Waals surface area contributed by atoms with Crippen LogP contribution in [-0.4, -0.2) is 11.5 Å². The molecule has 0 bridgehead atoms. The molecule has 0 spiro atoms. The van der Waals surface area contributed by atoms with Crippen LogP contribution in [0, 0.1) is 0 Å². The van der Waals surface area contributed by atoms with Crippen molar-refractivity contribution in [3.05, 3.63) is 36.0 Å². The number of hydrogen-bond donors (Lipinski definition) is 2. The average molecular weight is 187 g/mol. The Morgan fingerprint density at radius 2 is 2.07 bits per heavy atom. The van der Waals surface area contributed by atoms with E-state index in [1.807, 2.05) is 12.1 Å². The average Bonchev–Trinajstić information content (AvgIpc) is 2.17. The van der Waals surface area contributed by atoms with E-state index in [2.05, 4.69) is 17.1 Å². The SMILES string of the molecule is NCCc1ccc2ncc(N)cc2c1. The summed E-state index contributed by atoms with van der Waals surface area (Å²) in [5, 5.41) is 1.08. The van der Waals surface area contributed by atoms with Crippen molar-refractivity contribution in [2.75, 3.05) is 12.3 Å². The van der Waals surface area contributed by atoms with Gasteiger partial charge in [0.25, 0.3) is 0 Å². The van der Waals surface area contributed by atoms with Crippen molar-refractivity contribution in [2.45, 2.75) is 6.42 Å². The normalized spacial score (nSPS) is 10.6. The third-order valence-electron chi connectivity index (χ3n) is 2.20. The fraction of sp³-hybridized carbons (Fsp3) is 0.182. The summed E-state index contributed by atoms with van der Waals surface area (Å²) in [5.41, 5.74) is 14.1. The lowest BCUT2D eigenvalue weighted by molar-refractivity contribution is 0.971. The quantitative estimate of drug-likeness (QED) is 0.745. The fourth-order valence-electron chi connectivity index (χ4n) is 1.52. The largest absolute Gasteiger partial charge is 0.397 e. The summed E-state index contributed by atoms with van der Waals surface area (Å²) in [5.74, 6) is 0. The van der Waals surface area contributed by atoms with E-state index in [-0.39, 0.29) is 0 Å². The lowest BCUT2D eigenvalue weighted by Crippen LogP contribution is -2.02. The van der Waals surface area contributed by atoms with Crippen LogP contribution in [0.5, 0.6) is 0 Å². The number of nitrogen functional groups attached to an aromatic ring is 1. The first-order valence-corrected chi connectivity index (χ1v) is 4.64. The molecule has 1 aromatic carbocycles. The van der Waals surface area contributed by atoms with Crippen LogP contribution in [0.4, 0.5) is 5.69 Å². The van der Waals surface area contributed by atoms with Crippen LogP contribution in [0.25, 0.3) is 10.9 Å². The van der Waals surface area contributed by atoms with Gasteiger partial charge in [-0.1, -0.05) is 6.07 Å². The molecule has 1 aromatic heterocycles. The minimum absolute atomic E-state index is 0.668. The van der Waals surface area contributed by atoms with E-state index in [0.717, 1.165) is 17.3 Å². The zero-order chi connectivity index (χ0) is 9.97. The molecule has 0 atom stereocenters. The Morgan fingerprint density at radius 3 is 2.86 bits per heavy atom. The van der Waals surface area contributed by atoms with Crippen molar-refractivity contribution in [3.8, 4) is 0 Å². The standard InChI is InChI=1S/C11H13N3/c12-4-3-8-1-2-11-9(5-8)6-10(13)7-14-11/h1-2,5-7H,3-4,12-13H2. The molecule has 1 heterocycles. The number of aromatic nitrogens is 1. The Hall–Kier alpha value is -1.61. The molecule has 0 aliphatic rings. The van der Waals surface area contributed by atoms with Crippen LogP contribution in [-0.2, 0) is 6.42 Å². The van der Waals surface area contributed by atoms with E-state index in [1.165, 1.54) is 5.56 Å². The molecule has 0 aliphatic carbocycles. The van der Waals surface area contributed by atoms with E-state index < -0.39 is 0 Å². The lowest BCUT2D eigenvalue weighted by Gasteiger charge is -2.02. The van der Waals surface area contributed by atoms with Crippen molar-refractivity contribution >= 4 is 16.6 Å². The Labute approximate surface area is 82.7 Å². The van der Waals surface area contributed by atoms with Crippen LogP contribution >= 0.6 is 0 Å². The molecular formula is C11H13N3. The van der Waals surface area contributed by atoms with Gasteiger partial charge in [0.2, 0.25) is 0 Å². The van der Waals surface area contributed by atoms with Crippen molar-refractivity contribution in [1.29, 1.82) is 0 Å². The summed E-state index contributed by atoms with van der Waals surface area (Å²) in [4.78, 5) is 4.23. The van der Waals surface area contributed by atoms with Gasteiger partial charge in [0.1, 0.15) is 0 Å². The van der Waals surface area contributed by atoms with E-state index in [4.69, 9.17) is 11.5 Å². The summed E-state index contributed by atoms with van der Waals surface area (Å²) in [6.07, 6.45) is 2.57. The van der Waals surface area contributed by atoms with Gasteiger partial charge in [-0.15, -0.1) is 0 Å². The fourth-order valence-corrected chi connectivity index (χ4v) is 1.52. The van der Waals surface area contributed by atoms with Crippen molar-refractivity contribution in [3.63, 3.8) is 0 Å². The minimum atomic E-state index is 0.668. The van der Waals surface area contributed by atoms with E-state index in [9.17, 15) is 0 Å². The van der Waals surface area contributed by atoms with E-state index >= 15 is 0 Å². The molecule has 3 heteroatoms. The van der Waals surface area contributed by atoms with Crippen LogP contribution in [0.3, 0.4) is 0 Å². The van der Waals surface area contributed by atoms with Gasteiger partial charge in [-0.2, -0.15) is 0 Å². The van der Waals surface area contributed by atoms with E-state index in [1.54, 1.807) is 6.20 Å². The topological polar surface area (TPSA) is 64.9 Å². The second-order valence-corrected chi connectivity index (χ2v) is 3.33. The third-order valence-corrected chi connectivity index (χ3v) is 2.20. The number of hydrogen-bond acceptors (Lipinski definition) is 3. The van der Waals surface area contributed by atoms with Gasteiger partial charge < -0.3 is 11.5 Å². The van der Waals surface area contributed by atoms with Gasteiger partial charge in [-0.25, -0.2) is 0 Å². The molecule has 0 radical (unpaired) electrons. The van der Waals surface area contributed by atoms with E-state index in [0.29, 0.717) is 12.2 Å². The number of pyridine rings is 1.